The lowest BCUT2D eigenvalue weighted by Gasteiger charge is -2.10. The molecule has 1 aliphatic carbocycles. The summed E-state index contributed by atoms with van der Waals surface area (Å²) in [5.74, 6) is 1.64. The van der Waals surface area contributed by atoms with E-state index in [1.165, 1.54) is 0 Å². The molecule has 1 fully saturated rings. The van der Waals surface area contributed by atoms with E-state index in [1.54, 1.807) is 19.4 Å². The van der Waals surface area contributed by atoms with E-state index in [1.807, 2.05) is 24.3 Å². The van der Waals surface area contributed by atoms with E-state index in [0.29, 0.717) is 11.3 Å². The van der Waals surface area contributed by atoms with E-state index >= 15 is 0 Å². The first-order valence-electron chi connectivity index (χ1n) is 6.37. The van der Waals surface area contributed by atoms with Crippen LogP contribution in [0.1, 0.15) is 28.5 Å². The van der Waals surface area contributed by atoms with Gasteiger partial charge in [-0.05, 0) is 46.6 Å². The van der Waals surface area contributed by atoms with Crippen LogP contribution in [0.3, 0.4) is 0 Å². The predicted molar refractivity (Wildman–Crippen MR) is 78.0 cm³/mol. The molecule has 1 amide bonds. The van der Waals surface area contributed by atoms with Crippen LogP contribution >= 0.6 is 15.9 Å². The van der Waals surface area contributed by atoms with Crippen LogP contribution in [0.25, 0.3) is 0 Å². The molecular formula is C15H14BrNO3. The van der Waals surface area contributed by atoms with Crippen LogP contribution in [0.15, 0.2) is 45.5 Å². The first-order chi connectivity index (χ1) is 9.70. The summed E-state index contributed by atoms with van der Waals surface area (Å²) < 4.78 is 11.4. The summed E-state index contributed by atoms with van der Waals surface area (Å²) in [7, 11) is 1.56. The third-order valence-electron chi connectivity index (χ3n) is 3.43. The van der Waals surface area contributed by atoms with Gasteiger partial charge in [0.25, 0.3) is 5.91 Å². The number of halogens is 1. The number of amides is 1. The van der Waals surface area contributed by atoms with Crippen LogP contribution in [-0.4, -0.2) is 19.1 Å². The Morgan fingerprint density at radius 2 is 2.25 bits per heavy atom. The number of rotatable bonds is 4. The van der Waals surface area contributed by atoms with Crippen molar-refractivity contribution in [3.05, 3.63) is 52.4 Å². The summed E-state index contributed by atoms with van der Waals surface area (Å²) >= 11 is 3.38. The Kier molecular flexibility index (Phi) is 3.53. The maximum atomic E-state index is 12.3. The van der Waals surface area contributed by atoms with E-state index in [4.69, 9.17) is 9.15 Å². The van der Waals surface area contributed by atoms with E-state index in [2.05, 4.69) is 21.2 Å². The zero-order valence-corrected chi connectivity index (χ0v) is 12.5. The van der Waals surface area contributed by atoms with Gasteiger partial charge in [0.2, 0.25) is 0 Å². The average Bonchev–Trinajstić information content (AvgIpc) is 3.00. The first-order valence-corrected chi connectivity index (χ1v) is 7.16. The van der Waals surface area contributed by atoms with Crippen molar-refractivity contribution in [2.75, 3.05) is 7.11 Å². The number of hydrogen-bond donors (Lipinski definition) is 1. The molecule has 0 saturated heterocycles. The number of ether oxygens (including phenoxy) is 1. The minimum atomic E-state index is -0.123. The highest BCUT2D eigenvalue weighted by molar-refractivity contribution is 9.10. The van der Waals surface area contributed by atoms with E-state index in [0.717, 1.165) is 16.7 Å². The second kappa shape index (κ2) is 5.32. The van der Waals surface area contributed by atoms with Gasteiger partial charge < -0.3 is 14.5 Å². The molecular weight excluding hydrogens is 322 g/mol. The minimum Gasteiger partial charge on any atom is -0.495 e. The number of nitrogens with one attached hydrogen (secondary N) is 1. The predicted octanol–water partition coefficient (Wildman–Crippen LogP) is 3.34. The third kappa shape index (κ3) is 2.45. The summed E-state index contributed by atoms with van der Waals surface area (Å²) in [4.78, 5) is 12.3. The molecule has 2 aromatic rings. The van der Waals surface area contributed by atoms with Gasteiger partial charge in [-0.3, -0.25) is 4.79 Å². The summed E-state index contributed by atoms with van der Waals surface area (Å²) in [6.07, 6.45) is 2.57. The van der Waals surface area contributed by atoms with Crippen LogP contribution in [-0.2, 0) is 0 Å². The second-order valence-corrected chi connectivity index (χ2v) is 5.61. The van der Waals surface area contributed by atoms with Gasteiger partial charge in [-0.1, -0.05) is 6.07 Å². The van der Waals surface area contributed by atoms with Crippen LogP contribution in [0.4, 0.5) is 0 Å². The zero-order valence-electron chi connectivity index (χ0n) is 10.9. The lowest BCUT2D eigenvalue weighted by Crippen LogP contribution is -2.27. The maximum Gasteiger partial charge on any atom is 0.255 e. The Morgan fingerprint density at radius 3 is 2.95 bits per heavy atom. The summed E-state index contributed by atoms with van der Waals surface area (Å²) in [5, 5.41) is 3.01. The normalized spacial score (nSPS) is 20.5. The van der Waals surface area contributed by atoms with E-state index < -0.39 is 0 Å². The highest BCUT2D eigenvalue weighted by Crippen LogP contribution is 2.41. The molecule has 20 heavy (non-hydrogen) atoms. The highest BCUT2D eigenvalue weighted by atomic mass is 79.9. The van der Waals surface area contributed by atoms with Gasteiger partial charge >= 0.3 is 0 Å². The third-order valence-corrected chi connectivity index (χ3v) is 4.06. The van der Waals surface area contributed by atoms with Crippen molar-refractivity contribution in [3.63, 3.8) is 0 Å². The van der Waals surface area contributed by atoms with Crippen molar-refractivity contribution < 1.29 is 13.9 Å². The number of furan rings is 1. The monoisotopic (exact) mass is 335 g/mol. The summed E-state index contributed by atoms with van der Waals surface area (Å²) in [6, 6.07) is 9.36. The van der Waals surface area contributed by atoms with Gasteiger partial charge in [-0.2, -0.15) is 0 Å². The Balaban J connectivity index is 1.71. The van der Waals surface area contributed by atoms with Gasteiger partial charge in [0.05, 0.1) is 23.4 Å². The molecule has 4 nitrogen and oxygen atoms in total. The molecule has 3 rings (SSSR count). The van der Waals surface area contributed by atoms with Crippen molar-refractivity contribution in [2.45, 2.75) is 18.4 Å². The SMILES string of the molecule is COc1c(Br)cccc1C(=O)N[C@@H]1C[C@H]1c1ccco1. The van der Waals surface area contributed by atoms with Crippen molar-refractivity contribution >= 4 is 21.8 Å². The number of carbonyl (C=O) groups is 1. The number of benzene rings is 1. The van der Waals surface area contributed by atoms with Crippen molar-refractivity contribution in [2.24, 2.45) is 0 Å². The largest absolute Gasteiger partial charge is 0.495 e. The maximum absolute atomic E-state index is 12.3. The molecule has 1 saturated carbocycles. The first kappa shape index (κ1) is 13.2. The Morgan fingerprint density at radius 1 is 1.40 bits per heavy atom. The van der Waals surface area contributed by atoms with Crippen LogP contribution < -0.4 is 10.1 Å². The Bertz CT molecular complexity index is 624. The number of hydrogen-bond acceptors (Lipinski definition) is 3. The number of carbonyl (C=O) groups excluding carboxylic acids is 1. The topological polar surface area (TPSA) is 51.5 Å². The molecule has 5 heteroatoms. The average molecular weight is 336 g/mol. The molecule has 1 heterocycles. The van der Waals surface area contributed by atoms with E-state index in [9.17, 15) is 4.79 Å². The van der Waals surface area contributed by atoms with Gasteiger partial charge in [-0.25, -0.2) is 0 Å². The molecule has 1 aromatic carbocycles. The molecule has 1 N–H and O–H groups in total. The van der Waals surface area contributed by atoms with Crippen LogP contribution in [0.5, 0.6) is 5.75 Å². The molecule has 0 spiro atoms. The fraction of sp³-hybridized carbons (Fsp3) is 0.267. The van der Waals surface area contributed by atoms with Gasteiger partial charge in [0.1, 0.15) is 11.5 Å². The Hall–Kier alpha value is -1.75. The quantitative estimate of drug-likeness (QED) is 0.932. The molecule has 2 atom stereocenters. The van der Waals surface area contributed by atoms with Crippen LogP contribution in [0.2, 0.25) is 0 Å². The smallest absolute Gasteiger partial charge is 0.255 e. The fourth-order valence-electron chi connectivity index (χ4n) is 2.31. The fourth-order valence-corrected chi connectivity index (χ4v) is 2.84. The molecule has 104 valence electrons. The molecule has 0 bridgehead atoms. The highest BCUT2D eigenvalue weighted by Gasteiger charge is 2.41. The summed E-state index contributed by atoms with van der Waals surface area (Å²) in [6.45, 7) is 0. The second-order valence-electron chi connectivity index (χ2n) is 4.76. The van der Waals surface area contributed by atoms with Crippen molar-refractivity contribution in [3.8, 4) is 5.75 Å². The molecule has 0 radical (unpaired) electrons. The number of methoxy groups -OCH3 is 1. The van der Waals surface area contributed by atoms with Gasteiger partial charge in [0, 0.05) is 12.0 Å². The summed E-state index contributed by atoms with van der Waals surface area (Å²) in [5.41, 5.74) is 0.534. The van der Waals surface area contributed by atoms with Gasteiger partial charge in [0.15, 0.2) is 0 Å². The van der Waals surface area contributed by atoms with Crippen molar-refractivity contribution in [1.82, 2.24) is 5.32 Å². The zero-order chi connectivity index (χ0) is 14.1. The van der Waals surface area contributed by atoms with Gasteiger partial charge in [-0.15, -0.1) is 0 Å². The van der Waals surface area contributed by atoms with E-state index in [-0.39, 0.29) is 17.9 Å². The van der Waals surface area contributed by atoms with Crippen LogP contribution in [0, 0.1) is 0 Å². The molecule has 0 aliphatic heterocycles. The standard InChI is InChI=1S/C15H14BrNO3/c1-19-14-9(4-2-5-11(14)16)15(18)17-12-8-10(12)13-6-3-7-20-13/h2-7,10,12H,8H2,1H3,(H,17,18)/t10-,12-/m1/s1. The molecule has 0 unspecified atom stereocenters. The van der Waals surface area contributed by atoms with Crippen molar-refractivity contribution in [1.29, 1.82) is 0 Å². The number of para-hydroxylation sites is 1. The Labute approximate surface area is 125 Å². The molecule has 1 aliphatic rings. The lowest BCUT2D eigenvalue weighted by atomic mass is 10.2. The lowest BCUT2D eigenvalue weighted by molar-refractivity contribution is 0.0947. The minimum absolute atomic E-state index is 0.123. The molecule has 1 aromatic heterocycles.